The van der Waals surface area contributed by atoms with E-state index in [2.05, 4.69) is 62.5 Å². The molecule has 404 valence electrons. The number of allylic oxidation sites excluding steroid dienone is 7. The molecule has 0 aliphatic heterocycles. The summed E-state index contributed by atoms with van der Waals surface area (Å²) >= 11 is 0. The molecule has 0 saturated carbocycles. The molecule has 0 heterocycles. The summed E-state index contributed by atoms with van der Waals surface area (Å²) in [5, 5.41) is 3.05. The van der Waals surface area contributed by atoms with E-state index in [0.29, 0.717) is 23.9 Å². The minimum atomic E-state index is -4.44. The monoisotopic (exact) mass is 992 g/mol. The highest BCUT2D eigenvalue weighted by atomic mass is 31.2. The number of esters is 1. The van der Waals surface area contributed by atoms with E-state index in [-0.39, 0.29) is 25.1 Å². The van der Waals surface area contributed by atoms with Gasteiger partial charge in [0.1, 0.15) is 19.3 Å². The predicted octanol–water partition coefficient (Wildman–Crippen LogP) is 17.3. The Morgan fingerprint density at radius 1 is 0.522 bits per heavy atom. The average molecular weight is 993 g/mol. The van der Waals surface area contributed by atoms with Crippen LogP contribution in [0.4, 0.5) is 0 Å². The smallest absolute Gasteiger partial charge is 0.456 e. The van der Waals surface area contributed by atoms with Gasteiger partial charge in [-0.15, -0.1) is 0 Å². The Hall–Kier alpha value is -2.03. The van der Waals surface area contributed by atoms with Gasteiger partial charge in [-0.3, -0.25) is 18.6 Å². The molecule has 0 fully saturated rings. The molecule has 0 aromatic carbocycles. The average Bonchev–Trinajstić information content (AvgIpc) is 3.31. The van der Waals surface area contributed by atoms with Gasteiger partial charge in [-0.2, -0.15) is 0 Å². The van der Waals surface area contributed by atoms with Gasteiger partial charge in [-0.05, 0) is 51.0 Å². The van der Waals surface area contributed by atoms with E-state index in [1.165, 1.54) is 154 Å². The van der Waals surface area contributed by atoms with Crippen LogP contribution >= 0.6 is 7.82 Å². The zero-order chi connectivity index (χ0) is 50.8. The third kappa shape index (κ3) is 50.7. The number of nitrogens with one attached hydrogen (secondary N) is 1. The van der Waals surface area contributed by atoms with Crippen molar-refractivity contribution in [3.63, 3.8) is 0 Å². The Balaban J connectivity index is 5.36. The van der Waals surface area contributed by atoms with Gasteiger partial charge in [-0.25, -0.2) is 4.57 Å². The molecule has 3 unspecified atom stereocenters. The fourth-order valence-electron chi connectivity index (χ4n) is 8.35. The maximum Gasteiger partial charge on any atom is 0.472 e. The number of phosphoric ester groups is 1. The van der Waals surface area contributed by atoms with Gasteiger partial charge >= 0.3 is 13.8 Å². The van der Waals surface area contributed by atoms with E-state index in [1.807, 2.05) is 33.3 Å². The molecule has 0 spiro atoms. The topological polar surface area (TPSA) is 111 Å². The van der Waals surface area contributed by atoms with Crippen molar-refractivity contribution in [2.45, 2.75) is 277 Å². The fourth-order valence-corrected chi connectivity index (χ4v) is 9.09. The van der Waals surface area contributed by atoms with Crippen LogP contribution < -0.4 is 5.32 Å². The summed E-state index contributed by atoms with van der Waals surface area (Å²) in [6, 6.07) is -0.851. The molecule has 0 aromatic rings. The minimum absolute atomic E-state index is 0.0384. The summed E-state index contributed by atoms with van der Waals surface area (Å²) in [4.78, 5) is 37.6. The largest absolute Gasteiger partial charge is 0.472 e. The Bertz CT molecular complexity index is 1330. The number of nitrogens with zero attached hydrogens (tertiary/aromatic N) is 1. The van der Waals surface area contributed by atoms with Crippen LogP contribution in [0.3, 0.4) is 0 Å². The number of phosphoric acid groups is 1. The number of amides is 1. The number of carbonyl (C=O) groups is 2. The van der Waals surface area contributed by atoms with Crippen LogP contribution in [0.5, 0.6) is 0 Å². The standard InChI is InChI=1S/C59H111N2O7P/c1-7-10-13-16-19-22-25-28-30-33-36-39-42-45-48-51-58(62)60-56(55-67-69(64,65)66-54-53-61(4,5)6)57(50-47-44-41-38-35-32-27-24-21-18-15-12-9-3)68-59(63)52-49-46-43-40-37-34-31-29-26-23-20-17-14-11-8-2/h10,13,16,19,22,25,47,50,56-57H,7-9,11-12,14-15,17-18,20-21,23-24,26-46,48-49,51-55H2,1-6H3,(H-,60,62,64,65)/p+1/b13-10+,19-16+,25-22+,50-47+. The van der Waals surface area contributed by atoms with Gasteiger partial charge in [0.05, 0.1) is 33.8 Å². The van der Waals surface area contributed by atoms with Gasteiger partial charge < -0.3 is 19.4 Å². The second-order valence-corrected chi connectivity index (χ2v) is 22.3. The van der Waals surface area contributed by atoms with E-state index in [1.54, 1.807) is 0 Å². The molecule has 0 bridgehead atoms. The SMILES string of the molecule is CC/C=C/C=C/C=C/CCCCCCCCCC(=O)NC(COP(=O)(O)OCC[N+](C)(C)C)C(/C=C/CCCCCCCCCCCCC)OC(=O)CCCCCCCCCCCCCCCCC. The fraction of sp³-hybridized carbons (Fsp3) is 0.831. The molecule has 9 nitrogen and oxygen atoms in total. The van der Waals surface area contributed by atoms with Gasteiger partial charge in [0, 0.05) is 12.8 Å². The molecule has 0 saturated heterocycles. The van der Waals surface area contributed by atoms with Crippen LogP contribution in [0.15, 0.2) is 48.6 Å². The van der Waals surface area contributed by atoms with Crippen molar-refractivity contribution in [3.05, 3.63) is 48.6 Å². The van der Waals surface area contributed by atoms with Crippen LogP contribution in [-0.2, 0) is 27.9 Å². The second-order valence-electron chi connectivity index (χ2n) is 20.9. The number of ether oxygens (including phenoxy) is 1. The van der Waals surface area contributed by atoms with Crippen molar-refractivity contribution in [2.75, 3.05) is 40.9 Å². The van der Waals surface area contributed by atoms with Crippen molar-refractivity contribution < 1.29 is 37.3 Å². The molecule has 0 aromatic heterocycles. The van der Waals surface area contributed by atoms with Gasteiger partial charge in [0.25, 0.3) is 0 Å². The molecule has 3 atom stereocenters. The van der Waals surface area contributed by atoms with E-state index < -0.39 is 20.0 Å². The zero-order valence-electron chi connectivity index (χ0n) is 46.1. The number of quaternary nitrogens is 1. The number of hydrogen-bond acceptors (Lipinski definition) is 6. The summed E-state index contributed by atoms with van der Waals surface area (Å²) in [6.45, 7) is 6.89. The number of unbranched alkanes of at least 4 members (excludes halogenated alkanes) is 32. The maximum absolute atomic E-state index is 13.5. The maximum atomic E-state index is 13.5. The molecule has 1 amide bonds. The summed E-state index contributed by atoms with van der Waals surface area (Å²) < 4.78 is 30.6. The Kier molecular flexibility index (Phi) is 48.1. The lowest BCUT2D eigenvalue weighted by Gasteiger charge is -2.27. The van der Waals surface area contributed by atoms with Gasteiger partial charge in [-0.1, -0.05) is 250 Å². The molecule has 0 radical (unpaired) electrons. The molecule has 0 aliphatic rings. The number of likely N-dealkylation sites (N-methyl/N-ethyl adjacent to an activating group) is 1. The Labute approximate surface area is 427 Å². The van der Waals surface area contributed by atoms with Crippen molar-refractivity contribution in [1.29, 1.82) is 0 Å². The van der Waals surface area contributed by atoms with Crippen LogP contribution in [0.1, 0.15) is 265 Å². The molecule has 0 rings (SSSR count). The minimum Gasteiger partial charge on any atom is -0.456 e. The van der Waals surface area contributed by atoms with Crippen LogP contribution in [0, 0.1) is 0 Å². The third-order valence-corrected chi connectivity index (χ3v) is 13.8. The highest BCUT2D eigenvalue weighted by molar-refractivity contribution is 7.47. The van der Waals surface area contributed by atoms with Crippen molar-refractivity contribution in [1.82, 2.24) is 5.32 Å². The molecular formula is C59H112N2O7P+. The lowest BCUT2D eigenvalue weighted by Crippen LogP contribution is -2.47. The van der Waals surface area contributed by atoms with Crippen molar-refractivity contribution in [3.8, 4) is 0 Å². The first kappa shape index (κ1) is 67.0. The van der Waals surface area contributed by atoms with E-state index in [4.69, 9.17) is 13.8 Å². The highest BCUT2D eigenvalue weighted by Gasteiger charge is 2.30. The molecule has 10 heteroatoms. The molecule has 2 N–H and O–H groups in total. The summed E-state index contributed by atoms with van der Waals surface area (Å²) in [5.41, 5.74) is 0. The quantitative estimate of drug-likeness (QED) is 0.0156. The molecule has 69 heavy (non-hydrogen) atoms. The summed E-state index contributed by atoms with van der Waals surface area (Å²) in [6.07, 6.45) is 59.5. The third-order valence-electron chi connectivity index (χ3n) is 12.8. The normalized spacial score (nSPS) is 14.1. The number of carbonyl (C=O) groups excluding carboxylic acids is 2. The Morgan fingerprint density at radius 3 is 1.38 bits per heavy atom. The predicted molar refractivity (Wildman–Crippen MR) is 295 cm³/mol. The molecular weight excluding hydrogens is 880 g/mol. The van der Waals surface area contributed by atoms with E-state index >= 15 is 0 Å². The Morgan fingerprint density at radius 2 is 0.928 bits per heavy atom. The zero-order valence-corrected chi connectivity index (χ0v) is 47.0. The molecule has 0 aliphatic carbocycles. The lowest BCUT2D eigenvalue weighted by molar-refractivity contribution is -0.870. The summed E-state index contributed by atoms with van der Waals surface area (Å²) in [7, 11) is 1.49. The second kappa shape index (κ2) is 49.5. The number of hydrogen-bond donors (Lipinski definition) is 2. The van der Waals surface area contributed by atoms with E-state index in [0.717, 1.165) is 77.0 Å². The van der Waals surface area contributed by atoms with Crippen LogP contribution in [-0.4, -0.2) is 74.3 Å². The van der Waals surface area contributed by atoms with Crippen LogP contribution in [0.25, 0.3) is 0 Å². The van der Waals surface area contributed by atoms with E-state index in [9.17, 15) is 19.0 Å². The van der Waals surface area contributed by atoms with Crippen LogP contribution in [0.2, 0.25) is 0 Å². The van der Waals surface area contributed by atoms with Gasteiger partial charge in [0.2, 0.25) is 5.91 Å². The van der Waals surface area contributed by atoms with Crippen molar-refractivity contribution in [2.24, 2.45) is 0 Å². The number of rotatable bonds is 52. The van der Waals surface area contributed by atoms with Crippen molar-refractivity contribution >= 4 is 19.7 Å². The first-order valence-corrected chi connectivity index (χ1v) is 30.5. The van der Waals surface area contributed by atoms with Gasteiger partial charge in [0.15, 0.2) is 0 Å². The highest BCUT2D eigenvalue weighted by Crippen LogP contribution is 2.43. The lowest BCUT2D eigenvalue weighted by atomic mass is 10.0. The first-order chi connectivity index (χ1) is 33.4. The summed E-state index contributed by atoms with van der Waals surface area (Å²) in [5.74, 6) is -0.511. The first-order valence-electron chi connectivity index (χ1n) is 29.0.